The van der Waals surface area contributed by atoms with Crippen molar-refractivity contribution in [2.45, 2.75) is 140 Å². The normalized spacial score (nSPS) is 25.2. The average molecular weight is 786 g/mol. The summed E-state index contributed by atoms with van der Waals surface area (Å²) in [5.74, 6) is -1.54. The summed E-state index contributed by atoms with van der Waals surface area (Å²) in [5.41, 5.74) is -3.13. The number of carbonyl (C=O) groups is 4. The fraction of sp³-hybridized carbons (Fsp3) is 0.667. The molecule has 15 nitrogen and oxygen atoms in total. The second-order valence-electron chi connectivity index (χ2n) is 16.5. The van der Waals surface area contributed by atoms with E-state index in [2.05, 4.69) is 20.3 Å². The van der Waals surface area contributed by atoms with Gasteiger partial charge in [-0.05, 0) is 101 Å². The Hall–Kier alpha value is -4.18. The van der Waals surface area contributed by atoms with E-state index < -0.39 is 69.0 Å². The summed E-state index contributed by atoms with van der Waals surface area (Å²) < 4.78 is 51.0. The van der Waals surface area contributed by atoms with E-state index in [0.717, 1.165) is 24.6 Å². The van der Waals surface area contributed by atoms with Crippen molar-refractivity contribution in [3.63, 3.8) is 0 Å². The predicted molar refractivity (Wildman–Crippen MR) is 202 cm³/mol. The van der Waals surface area contributed by atoms with Crippen LogP contribution in [-0.2, 0) is 33.6 Å². The predicted octanol–water partition coefficient (Wildman–Crippen LogP) is 4.67. The van der Waals surface area contributed by atoms with Crippen LogP contribution < -0.4 is 24.8 Å². The molecule has 3 N–H and O–H groups in total. The molecule has 302 valence electrons. The molecule has 0 bridgehead atoms. The van der Waals surface area contributed by atoms with Gasteiger partial charge in [0.15, 0.2) is 0 Å². The van der Waals surface area contributed by atoms with Crippen molar-refractivity contribution in [2.24, 2.45) is 11.8 Å². The molecule has 2 heterocycles. The van der Waals surface area contributed by atoms with Gasteiger partial charge in [0, 0.05) is 18.0 Å². The molecule has 1 saturated heterocycles. The molecular weight excluding hydrogens is 731 g/mol. The van der Waals surface area contributed by atoms with Crippen LogP contribution >= 0.6 is 0 Å². The molecule has 2 aromatic rings. The number of hydrogen-bond acceptors (Lipinski definition) is 11. The van der Waals surface area contributed by atoms with Crippen LogP contribution in [0.4, 0.5) is 4.79 Å². The summed E-state index contributed by atoms with van der Waals surface area (Å²) in [6.45, 7) is 8.98. The zero-order valence-electron chi connectivity index (χ0n) is 32.6. The highest BCUT2D eigenvalue weighted by atomic mass is 32.2. The molecule has 16 heteroatoms. The van der Waals surface area contributed by atoms with E-state index in [1.165, 1.54) is 4.90 Å². The summed E-state index contributed by atoms with van der Waals surface area (Å²) in [4.78, 5) is 61.8. The Morgan fingerprint density at radius 1 is 1.07 bits per heavy atom. The largest absolute Gasteiger partial charge is 0.497 e. The van der Waals surface area contributed by atoms with Crippen molar-refractivity contribution >= 4 is 44.9 Å². The molecule has 1 aliphatic heterocycles. The fourth-order valence-corrected chi connectivity index (χ4v) is 9.38. The number of nitrogens with one attached hydrogen (secondary N) is 3. The summed E-state index contributed by atoms with van der Waals surface area (Å²) in [6.07, 6.45) is 6.54. The minimum Gasteiger partial charge on any atom is -0.497 e. The third-order valence-electron chi connectivity index (χ3n) is 11.2. The number of benzene rings is 1. The maximum atomic E-state index is 14.7. The summed E-state index contributed by atoms with van der Waals surface area (Å²) in [5, 5.41) is 7.20. The molecule has 3 saturated carbocycles. The lowest BCUT2D eigenvalue weighted by Crippen LogP contribution is -2.59. The molecule has 4 amide bonds. The van der Waals surface area contributed by atoms with E-state index in [-0.39, 0.29) is 31.2 Å². The highest BCUT2D eigenvalue weighted by Crippen LogP contribution is 2.48. The molecule has 3 aliphatic carbocycles. The zero-order chi connectivity index (χ0) is 39.8. The number of rotatable bonds is 15. The lowest BCUT2D eigenvalue weighted by Gasteiger charge is -2.32. The first kappa shape index (κ1) is 40.5. The van der Waals surface area contributed by atoms with Crippen LogP contribution in [0.1, 0.15) is 105 Å². The second-order valence-corrected chi connectivity index (χ2v) is 17.8. The van der Waals surface area contributed by atoms with Gasteiger partial charge in [0.25, 0.3) is 5.91 Å². The molecule has 6 rings (SSSR count). The van der Waals surface area contributed by atoms with Crippen LogP contribution in [0.15, 0.2) is 30.5 Å². The molecule has 1 aromatic carbocycles. The van der Waals surface area contributed by atoms with Crippen LogP contribution in [0.5, 0.6) is 11.6 Å². The number of hydrogen-bond donors (Lipinski definition) is 3. The van der Waals surface area contributed by atoms with Crippen LogP contribution in [0.2, 0.25) is 0 Å². The topological polar surface area (TPSA) is 192 Å². The van der Waals surface area contributed by atoms with E-state index in [4.69, 9.17) is 18.4 Å². The van der Waals surface area contributed by atoms with E-state index in [0.29, 0.717) is 55.5 Å². The average Bonchev–Trinajstić information content (AvgIpc) is 3.87. The van der Waals surface area contributed by atoms with Gasteiger partial charge in [-0.2, -0.15) is 8.42 Å². The van der Waals surface area contributed by atoms with Gasteiger partial charge in [-0.1, -0.05) is 39.5 Å². The molecule has 4 aliphatic rings. The van der Waals surface area contributed by atoms with Gasteiger partial charge in [0.05, 0.1) is 19.3 Å². The van der Waals surface area contributed by atoms with Gasteiger partial charge in [0.2, 0.25) is 17.7 Å². The zero-order valence-corrected chi connectivity index (χ0v) is 33.5. The number of amides is 4. The summed E-state index contributed by atoms with van der Waals surface area (Å²) in [7, 11) is -2.89. The first-order chi connectivity index (χ1) is 26.0. The van der Waals surface area contributed by atoms with Gasteiger partial charge in [-0.15, -0.1) is 0 Å². The van der Waals surface area contributed by atoms with Crippen molar-refractivity contribution in [2.75, 3.05) is 13.7 Å². The maximum absolute atomic E-state index is 14.7. The molecule has 0 radical (unpaired) electrons. The minimum absolute atomic E-state index is 0.0114. The van der Waals surface area contributed by atoms with Gasteiger partial charge < -0.3 is 29.7 Å². The number of likely N-dealkylation sites (tertiary alicyclic amines) is 1. The van der Waals surface area contributed by atoms with Crippen molar-refractivity contribution in [3.8, 4) is 11.6 Å². The van der Waals surface area contributed by atoms with Gasteiger partial charge in [0.1, 0.15) is 35.1 Å². The summed E-state index contributed by atoms with van der Waals surface area (Å²) >= 11 is 0. The van der Waals surface area contributed by atoms with E-state index in [1.807, 2.05) is 32.0 Å². The van der Waals surface area contributed by atoms with Crippen molar-refractivity contribution in [1.82, 2.24) is 25.2 Å². The second kappa shape index (κ2) is 15.8. The third kappa shape index (κ3) is 9.28. The first-order valence-electron chi connectivity index (χ1n) is 19.5. The molecule has 0 spiro atoms. The smallest absolute Gasteiger partial charge is 0.408 e. The summed E-state index contributed by atoms with van der Waals surface area (Å²) in [6, 6.07) is 5.19. The highest BCUT2D eigenvalue weighted by Gasteiger charge is 2.62. The molecule has 1 aromatic heterocycles. The van der Waals surface area contributed by atoms with Gasteiger partial charge in [-0.25, -0.2) is 18.7 Å². The van der Waals surface area contributed by atoms with Crippen molar-refractivity contribution in [1.29, 1.82) is 0 Å². The Morgan fingerprint density at radius 3 is 2.42 bits per heavy atom. The van der Waals surface area contributed by atoms with E-state index in [1.54, 1.807) is 40.1 Å². The standard InChI is InChI=1S/C39H55N5O10S/c1-7-16-38(17-18-38)54-55(49,50)43-35(47)39(22-26(39)8-2)42-32(45)30-21-28(52-33-29-14-13-27(51-6)20-25(29)15-19-40-33)23-44(30)34(46)31(24-11-9-10-12-24)41-36(48)53-37(3,4)5/h13-15,19-20,24,26,28,30-31H,7-12,16-18,21-23H2,1-6H3,(H,41,48)(H,42,45)(H,43,47)/t26-,28-,30+,31+,39-/m1/s1. The lowest BCUT2D eigenvalue weighted by molar-refractivity contribution is -0.142. The number of pyridine rings is 1. The lowest BCUT2D eigenvalue weighted by atomic mass is 9.96. The molecule has 55 heavy (non-hydrogen) atoms. The minimum atomic E-state index is -4.47. The van der Waals surface area contributed by atoms with E-state index in [9.17, 15) is 27.6 Å². The first-order valence-corrected chi connectivity index (χ1v) is 20.9. The van der Waals surface area contributed by atoms with Gasteiger partial charge >= 0.3 is 16.4 Å². The maximum Gasteiger partial charge on any atom is 0.408 e. The number of nitrogens with zero attached hydrogens (tertiary/aromatic N) is 2. The van der Waals surface area contributed by atoms with Crippen molar-refractivity contribution < 1.29 is 46.0 Å². The SMILES string of the molecule is CCCC1(OS(=O)(=O)NC(=O)[C@@]2(NC(=O)[C@@H]3C[C@@H](Oc4nccc5cc(OC)ccc45)CN3C(=O)[C@@H](NC(=O)OC(C)(C)C)C3CCCC3)C[C@H]2CC)CC1. The number of methoxy groups -OCH3 is 1. The highest BCUT2D eigenvalue weighted by molar-refractivity contribution is 7.85. The van der Waals surface area contributed by atoms with Gasteiger partial charge in [-0.3, -0.25) is 14.4 Å². The van der Waals surface area contributed by atoms with Crippen molar-refractivity contribution in [3.05, 3.63) is 30.5 Å². The van der Waals surface area contributed by atoms with Crippen LogP contribution in [-0.4, -0.2) is 90.7 Å². The number of aromatic nitrogens is 1. The number of fused-ring (bicyclic) bond motifs is 1. The monoisotopic (exact) mass is 785 g/mol. The van der Waals surface area contributed by atoms with Crippen LogP contribution in [0.3, 0.4) is 0 Å². The number of alkyl carbamates (subject to hydrolysis) is 1. The quantitative estimate of drug-likeness (QED) is 0.227. The Bertz CT molecular complexity index is 1890. The van der Waals surface area contributed by atoms with E-state index >= 15 is 0 Å². The molecule has 4 fully saturated rings. The Morgan fingerprint density at radius 2 is 1.80 bits per heavy atom. The van der Waals surface area contributed by atoms with Crippen LogP contribution in [0.25, 0.3) is 10.8 Å². The Kier molecular flexibility index (Phi) is 11.6. The number of carbonyl (C=O) groups excluding carboxylic acids is 4. The van der Waals surface area contributed by atoms with Crippen LogP contribution in [0, 0.1) is 11.8 Å². The Labute approximate surface area is 323 Å². The fourth-order valence-electron chi connectivity index (χ4n) is 8.21. The molecule has 5 atom stereocenters. The number of ether oxygens (including phenoxy) is 3. The molecule has 0 unspecified atom stereocenters. The third-order valence-corrected chi connectivity index (χ3v) is 12.2. The Balaban J connectivity index is 1.27. The molecular formula is C39H55N5O10S.